The van der Waals surface area contributed by atoms with Crippen LogP contribution in [0, 0.1) is 5.92 Å². The summed E-state index contributed by atoms with van der Waals surface area (Å²) >= 11 is 6.00. The van der Waals surface area contributed by atoms with Gasteiger partial charge < -0.3 is 14.7 Å². The molecule has 1 aliphatic heterocycles. The van der Waals surface area contributed by atoms with Crippen molar-refractivity contribution in [2.24, 2.45) is 5.92 Å². The van der Waals surface area contributed by atoms with Crippen LogP contribution in [-0.2, 0) is 0 Å². The van der Waals surface area contributed by atoms with E-state index in [-0.39, 0.29) is 12.5 Å². The van der Waals surface area contributed by atoms with Crippen molar-refractivity contribution in [3.05, 3.63) is 35.9 Å². The van der Waals surface area contributed by atoms with Crippen LogP contribution < -0.4 is 9.64 Å². The second kappa shape index (κ2) is 6.42. The minimum atomic E-state index is 0.172. The first kappa shape index (κ1) is 16.0. The van der Waals surface area contributed by atoms with Crippen molar-refractivity contribution >= 4 is 28.3 Å². The fourth-order valence-electron chi connectivity index (χ4n) is 2.95. The van der Waals surface area contributed by atoms with Gasteiger partial charge in [0, 0.05) is 37.4 Å². The summed E-state index contributed by atoms with van der Waals surface area (Å²) in [6.45, 7) is 1.65. The number of anilines is 1. The number of nitrogens with zero attached hydrogens (tertiary/aromatic N) is 5. The molecule has 0 radical (unpaired) electrons. The first-order valence-corrected chi connectivity index (χ1v) is 8.25. The molecule has 25 heavy (non-hydrogen) atoms. The first-order valence-electron chi connectivity index (χ1n) is 7.87. The Kier molecular flexibility index (Phi) is 4.10. The molecule has 1 fully saturated rings. The summed E-state index contributed by atoms with van der Waals surface area (Å²) in [6.07, 6.45) is 4.97. The van der Waals surface area contributed by atoms with Crippen molar-refractivity contribution in [2.75, 3.05) is 31.7 Å². The second-order valence-corrected chi connectivity index (χ2v) is 6.31. The zero-order valence-electron chi connectivity index (χ0n) is 13.6. The molecule has 0 saturated carbocycles. The van der Waals surface area contributed by atoms with Crippen LogP contribution in [-0.4, -0.2) is 51.8 Å². The molecule has 0 aliphatic carbocycles. The highest BCUT2D eigenvalue weighted by molar-refractivity contribution is 6.29. The summed E-state index contributed by atoms with van der Waals surface area (Å²) in [5.41, 5.74) is 1.48. The number of ether oxygens (including phenoxy) is 1. The van der Waals surface area contributed by atoms with Gasteiger partial charge in [0.15, 0.2) is 5.82 Å². The molecule has 3 aromatic heterocycles. The van der Waals surface area contributed by atoms with E-state index in [9.17, 15) is 5.11 Å². The molecule has 128 valence electrons. The van der Waals surface area contributed by atoms with E-state index in [1.807, 2.05) is 6.07 Å². The van der Waals surface area contributed by atoms with Crippen LogP contribution in [0.5, 0.6) is 5.75 Å². The van der Waals surface area contributed by atoms with Gasteiger partial charge in [-0.25, -0.2) is 15.0 Å². The lowest BCUT2D eigenvalue weighted by Gasteiger charge is -2.39. The Morgan fingerprint density at radius 3 is 2.88 bits per heavy atom. The van der Waals surface area contributed by atoms with Gasteiger partial charge in [0.05, 0.1) is 30.4 Å². The molecular formula is C17H16ClN5O2. The van der Waals surface area contributed by atoms with Gasteiger partial charge >= 0.3 is 0 Å². The third-order valence-corrected chi connectivity index (χ3v) is 4.48. The molecular weight excluding hydrogens is 342 g/mol. The number of aliphatic hydroxyl groups excluding tert-OH is 1. The Hall–Kier alpha value is -2.51. The average molecular weight is 358 g/mol. The molecule has 0 amide bonds. The highest BCUT2D eigenvalue weighted by Gasteiger charge is 2.30. The summed E-state index contributed by atoms with van der Waals surface area (Å²) in [7, 11) is 1.60. The number of methoxy groups -OCH3 is 1. The van der Waals surface area contributed by atoms with Crippen molar-refractivity contribution in [2.45, 2.75) is 0 Å². The molecule has 7 nitrogen and oxygen atoms in total. The number of aromatic nitrogens is 4. The maximum Gasteiger partial charge on any atom is 0.162 e. The van der Waals surface area contributed by atoms with Crippen molar-refractivity contribution in [1.82, 2.24) is 19.9 Å². The van der Waals surface area contributed by atoms with Gasteiger partial charge in [-0.1, -0.05) is 11.6 Å². The van der Waals surface area contributed by atoms with E-state index in [0.29, 0.717) is 22.2 Å². The Bertz CT molecular complexity index is 930. The van der Waals surface area contributed by atoms with E-state index in [4.69, 9.17) is 21.3 Å². The van der Waals surface area contributed by atoms with Gasteiger partial charge in [-0.05, 0) is 12.1 Å². The summed E-state index contributed by atoms with van der Waals surface area (Å²) in [5.74, 6) is 2.21. The number of pyridine rings is 2. The second-order valence-electron chi connectivity index (χ2n) is 5.93. The number of hydrogen-bond donors (Lipinski definition) is 1. The van der Waals surface area contributed by atoms with Crippen LogP contribution >= 0.6 is 11.6 Å². The molecule has 0 aromatic carbocycles. The van der Waals surface area contributed by atoms with Crippen LogP contribution in [0.25, 0.3) is 22.3 Å². The molecule has 0 unspecified atom stereocenters. The highest BCUT2D eigenvalue weighted by Crippen LogP contribution is 2.36. The summed E-state index contributed by atoms with van der Waals surface area (Å²) in [6, 6.07) is 3.55. The summed E-state index contributed by atoms with van der Waals surface area (Å²) < 4.78 is 5.46. The lowest BCUT2D eigenvalue weighted by Crippen LogP contribution is -2.49. The smallest absolute Gasteiger partial charge is 0.162 e. The van der Waals surface area contributed by atoms with Gasteiger partial charge in [0.25, 0.3) is 0 Å². The minimum absolute atomic E-state index is 0.172. The van der Waals surface area contributed by atoms with Crippen LogP contribution in [0.15, 0.2) is 30.7 Å². The molecule has 0 atom stereocenters. The lowest BCUT2D eigenvalue weighted by molar-refractivity contribution is 0.200. The van der Waals surface area contributed by atoms with Crippen LogP contribution in [0.1, 0.15) is 0 Å². The third kappa shape index (κ3) is 2.85. The molecule has 1 saturated heterocycles. The van der Waals surface area contributed by atoms with Crippen LogP contribution in [0.2, 0.25) is 5.15 Å². The largest absolute Gasteiger partial charge is 0.494 e. The molecule has 0 spiro atoms. The number of fused-ring (bicyclic) bond motifs is 1. The summed E-state index contributed by atoms with van der Waals surface area (Å²) in [4.78, 5) is 19.7. The third-order valence-electron chi connectivity index (χ3n) is 4.27. The molecule has 1 aliphatic rings. The fourth-order valence-corrected chi connectivity index (χ4v) is 3.12. The zero-order chi connectivity index (χ0) is 17.4. The maximum atomic E-state index is 9.31. The predicted molar refractivity (Wildman–Crippen MR) is 94.9 cm³/mol. The average Bonchev–Trinajstić information content (AvgIpc) is 2.60. The van der Waals surface area contributed by atoms with Gasteiger partial charge in [-0.3, -0.25) is 4.98 Å². The molecule has 4 rings (SSSR count). The van der Waals surface area contributed by atoms with Gasteiger partial charge in [0.2, 0.25) is 0 Å². The molecule has 1 N–H and O–H groups in total. The van der Waals surface area contributed by atoms with Crippen molar-refractivity contribution in [1.29, 1.82) is 0 Å². The minimum Gasteiger partial charge on any atom is -0.494 e. The van der Waals surface area contributed by atoms with Crippen molar-refractivity contribution in [3.63, 3.8) is 0 Å². The number of rotatable bonds is 4. The lowest BCUT2D eigenvalue weighted by atomic mass is 10.0. The Morgan fingerprint density at radius 2 is 2.16 bits per heavy atom. The topological polar surface area (TPSA) is 84.3 Å². The van der Waals surface area contributed by atoms with E-state index in [0.717, 1.165) is 29.9 Å². The number of aliphatic hydroxyl groups is 1. The predicted octanol–water partition coefficient (Wildman–Crippen LogP) is 2.18. The molecule has 0 bridgehead atoms. The normalized spacial score (nSPS) is 14.6. The van der Waals surface area contributed by atoms with Gasteiger partial charge in [-0.15, -0.1) is 0 Å². The van der Waals surface area contributed by atoms with Gasteiger partial charge in [-0.2, -0.15) is 0 Å². The van der Waals surface area contributed by atoms with E-state index >= 15 is 0 Å². The Balaban J connectivity index is 1.89. The molecule has 8 heteroatoms. The molecule has 4 heterocycles. The van der Waals surface area contributed by atoms with Gasteiger partial charge in [0.1, 0.15) is 16.7 Å². The maximum absolute atomic E-state index is 9.31. The first-order chi connectivity index (χ1) is 12.2. The van der Waals surface area contributed by atoms with Crippen molar-refractivity contribution < 1.29 is 9.84 Å². The molecule has 3 aromatic rings. The SMILES string of the molecule is COc1cncc2nc(-c3ccnc(Cl)c3)nc(N3CC(CO)C3)c12. The number of hydrogen-bond acceptors (Lipinski definition) is 7. The van der Waals surface area contributed by atoms with Crippen molar-refractivity contribution in [3.8, 4) is 17.1 Å². The zero-order valence-corrected chi connectivity index (χ0v) is 14.3. The summed E-state index contributed by atoms with van der Waals surface area (Å²) in [5, 5.41) is 10.5. The quantitative estimate of drug-likeness (QED) is 0.716. The number of halogens is 1. The highest BCUT2D eigenvalue weighted by atomic mass is 35.5. The monoisotopic (exact) mass is 357 g/mol. The fraction of sp³-hybridized carbons (Fsp3) is 0.294. The van der Waals surface area contributed by atoms with Crippen LogP contribution in [0.4, 0.5) is 5.82 Å². The Morgan fingerprint density at radius 1 is 1.32 bits per heavy atom. The van der Waals surface area contributed by atoms with E-state index in [1.165, 1.54) is 0 Å². The van der Waals surface area contributed by atoms with E-state index in [1.54, 1.807) is 31.8 Å². The Labute approximate surface area is 149 Å². The van der Waals surface area contributed by atoms with E-state index < -0.39 is 0 Å². The van der Waals surface area contributed by atoms with Crippen LogP contribution in [0.3, 0.4) is 0 Å². The standard InChI is InChI=1S/C17H16ClN5O2/c1-25-13-6-19-5-12-15(13)17(23-7-10(8-23)9-24)22-16(21-12)11-2-3-20-14(18)4-11/h2-6,10,24H,7-9H2,1H3. The van der Waals surface area contributed by atoms with E-state index in [2.05, 4.69) is 19.9 Å².